The Hall–Kier alpha value is -2.73. The minimum Gasteiger partial charge on any atom is -0.497 e. The molecule has 2 aliphatic rings. The summed E-state index contributed by atoms with van der Waals surface area (Å²) in [5.74, 6) is 0.829. The second-order valence-corrected chi connectivity index (χ2v) is 8.09. The molecule has 0 radical (unpaired) electrons. The monoisotopic (exact) mass is 398 g/mol. The minimum absolute atomic E-state index is 0.221. The third kappa shape index (κ3) is 5.87. The molecule has 0 spiro atoms. The van der Waals surface area contributed by atoms with Crippen LogP contribution in [0.4, 0.5) is 4.79 Å². The highest BCUT2D eigenvalue weighted by Crippen LogP contribution is 2.26. The minimum atomic E-state index is -0.484. The number of rotatable bonds is 5. The molecule has 1 N–H and O–H groups in total. The first-order chi connectivity index (χ1) is 13.9. The Morgan fingerprint density at radius 3 is 2.62 bits per heavy atom. The number of hydrogen-bond acceptors (Lipinski definition) is 5. The van der Waals surface area contributed by atoms with Crippen molar-refractivity contribution in [3.8, 4) is 5.75 Å². The lowest BCUT2D eigenvalue weighted by Crippen LogP contribution is -2.40. The van der Waals surface area contributed by atoms with Gasteiger partial charge in [0.15, 0.2) is 6.23 Å². The van der Waals surface area contributed by atoms with E-state index in [1.807, 2.05) is 57.3 Å². The maximum Gasteiger partial charge on any atom is 0.410 e. The molecule has 6 heteroatoms. The Kier molecular flexibility index (Phi) is 6.64. The van der Waals surface area contributed by atoms with Gasteiger partial charge in [0.05, 0.1) is 13.7 Å². The molecule has 0 bridgehead atoms. The molecule has 0 fully saturated rings. The normalized spacial score (nSPS) is 19.2. The first-order valence-electron chi connectivity index (χ1n) is 9.90. The molecule has 3 rings (SSSR count). The summed E-state index contributed by atoms with van der Waals surface area (Å²) >= 11 is 0. The van der Waals surface area contributed by atoms with Gasteiger partial charge >= 0.3 is 6.09 Å². The Bertz CT molecular complexity index is 803. The summed E-state index contributed by atoms with van der Waals surface area (Å²) in [7, 11) is 1.66. The molecule has 0 saturated carbocycles. The Balaban J connectivity index is 1.60. The van der Waals surface area contributed by atoms with Crippen molar-refractivity contribution in [1.82, 2.24) is 10.2 Å². The third-order valence-electron chi connectivity index (χ3n) is 4.71. The average molecular weight is 399 g/mol. The van der Waals surface area contributed by atoms with Crippen molar-refractivity contribution in [2.75, 3.05) is 20.2 Å². The van der Waals surface area contributed by atoms with Crippen LogP contribution in [-0.2, 0) is 16.1 Å². The second kappa shape index (κ2) is 9.18. The van der Waals surface area contributed by atoms with Crippen molar-refractivity contribution in [3.05, 3.63) is 65.4 Å². The van der Waals surface area contributed by atoms with Crippen LogP contribution in [0.1, 0.15) is 32.8 Å². The van der Waals surface area contributed by atoms with Crippen LogP contribution < -0.4 is 10.1 Å². The van der Waals surface area contributed by atoms with Crippen molar-refractivity contribution in [2.24, 2.45) is 0 Å². The van der Waals surface area contributed by atoms with E-state index in [-0.39, 0.29) is 12.3 Å². The zero-order valence-corrected chi connectivity index (χ0v) is 17.6. The van der Waals surface area contributed by atoms with Crippen molar-refractivity contribution >= 4 is 6.09 Å². The zero-order valence-electron chi connectivity index (χ0n) is 17.6. The fourth-order valence-corrected chi connectivity index (χ4v) is 3.21. The molecular formula is C23H30N2O4. The molecule has 0 saturated heterocycles. The first-order valence-corrected chi connectivity index (χ1v) is 9.90. The predicted molar refractivity (Wildman–Crippen MR) is 112 cm³/mol. The second-order valence-electron chi connectivity index (χ2n) is 8.09. The largest absolute Gasteiger partial charge is 0.497 e. The number of allylic oxidation sites excluding steroid dienone is 2. The number of amides is 1. The Labute approximate surface area is 172 Å². The number of ether oxygens (including phenoxy) is 3. The lowest BCUT2D eigenvalue weighted by Gasteiger charge is -2.32. The number of dihydropyridines is 1. The maximum absolute atomic E-state index is 12.3. The molecule has 2 aliphatic heterocycles. The standard InChI is InChI=1S/C23H30N2O4/c1-23(2,3)29-22(26)25-14-11-18(12-15-25)20-6-5-13-24-21(20)28-16-17-7-9-19(27-4)10-8-17/h5-11,13,21,24H,12,14-16H2,1-4H3. The van der Waals surface area contributed by atoms with Gasteiger partial charge in [-0.05, 0) is 62.7 Å². The van der Waals surface area contributed by atoms with E-state index >= 15 is 0 Å². The summed E-state index contributed by atoms with van der Waals surface area (Å²) in [4.78, 5) is 14.0. The number of hydrogen-bond donors (Lipinski definition) is 1. The summed E-state index contributed by atoms with van der Waals surface area (Å²) in [5.41, 5.74) is 2.89. The van der Waals surface area contributed by atoms with Gasteiger partial charge in [-0.1, -0.05) is 24.3 Å². The van der Waals surface area contributed by atoms with Crippen LogP contribution in [0.2, 0.25) is 0 Å². The van der Waals surface area contributed by atoms with E-state index in [4.69, 9.17) is 14.2 Å². The van der Waals surface area contributed by atoms with Crippen LogP contribution in [0.15, 0.2) is 59.8 Å². The van der Waals surface area contributed by atoms with Gasteiger partial charge in [-0.25, -0.2) is 4.79 Å². The fourth-order valence-electron chi connectivity index (χ4n) is 3.21. The van der Waals surface area contributed by atoms with Crippen molar-refractivity contribution in [2.45, 2.75) is 45.6 Å². The van der Waals surface area contributed by atoms with Gasteiger partial charge in [-0.15, -0.1) is 0 Å². The van der Waals surface area contributed by atoms with Gasteiger partial charge in [-0.3, -0.25) is 0 Å². The van der Waals surface area contributed by atoms with E-state index in [9.17, 15) is 4.79 Å². The third-order valence-corrected chi connectivity index (χ3v) is 4.71. The molecule has 0 aromatic heterocycles. The van der Waals surface area contributed by atoms with Crippen LogP contribution in [0.5, 0.6) is 5.75 Å². The Morgan fingerprint density at radius 2 is 2.00 bits per heavy atom. The summed E-state index contributed by atoms with van der Waals surface area (Å²) < 4.78 is 16.8. The van der Waals surface area contributed by atoms with Gasteiger partial charge < -0.3 is 24.4 Å². The van der Waals surface area contributed by atoms with E-state index in [0.717, 1.165) is 23.3 Å². The molecule has 1 aromatic rings. The van der Waals surface area contributed by atoms with Gasteiger partial charge in [0.2, 0.25) is 0 Å². The average Bonchev–Trinajstić information content (AvgIpc) is 2.72. The highest BCUT2D eigenvalue weighted by molar-refractivity contribution is 5.68. The molecule has 1 unspecified atom stereocenters. The predicted octanol–water partition coefficient (Wildman–Crippen LogP) is 4.15. The van der Waals surface area contributed by atoms with E-state index in [1.54, 1.807) is 12.0 Å². The van der Waals surface area contributed by atoms with Crippen LogP contribution in [0.3, 0.4) is 0 Å². The molecule has 0 aliphatic carbocycles. The Morgan fingerprint density at radius 1 is 1.24 bits per heavy atom. The smallest absolute Gasteiger partial charge is 0.410 e. The van der Waals surface area contributed by atoms with Crippen LogP contribution in [0.25, 0.3) is 0 Å². The van der Waals surface area contributed by atoms with Crippen molar-refractivity contribution in [3.63, 3.8) is 0 Å². The lowest BCUT2D eigenvalue weighted by atomic mass is 9.96. The summed E-state index contributed by atoms with van der Waals surface area (Å²) in [5, 5.41) is 3.28. The van der Waals surface area contributed by atoms with Gasteiger partial charge in [0, 0.05) is 18.7 Å². The quantitative estimate of drug-likeness (QED) is 0.807. The lowest BCUT2D eigenvalue weighted by molar-refractivity contribution is 0.0263. The highest BCUT2D eigenvalue weighted by atomic mass is 16.6. The molecule has 2 heterocycles. The summed E-state index contributed by atoms with van der Waals surface area (Å²) in [6, 6.07) is 7.86. The first kappa shape index (κ1) is 21.0. The SMILES string of the molecule is COc1ccc(COC2NC=CC=C2C2=CCN(C(=O)OC(C)(C)C)CC2)cc1. The van der Waals surface area contributed by atoms with Crippen molar-refractivity contribution < 1.29 is 19.0 Å². The number of carbonyl (C=O) groups excluding carboxylic acids is 1. The molecule has 1 aromatic carbocycles. The van der Waals surface area contributed by atoms with E-state index in [1.165, 1.54) is 5.57 Å². The van der Waals surface area contributed by atoms with Gasteiger partial charge in [0.1, 0.15) is 11.4 Å². The van der Waals surface area contributed by atoms with Crippen molar-refractivity contribution in [1.29, 1.82) is 0 Å². The van der Waals surface area contributed by atoms with Crippen LogP contribution in [0, 0.1) is 0 Å². The molecule has 1 amide bonds. The molecule has 156 valence electrons. The number of benzene rings is 1. The van der Waals surface area contributed by atoms with E-state index in [2.05, 4.69) is 17.5 Å². The number of nitrogens with one attached hydrogen (secondary N) is 1. The topological polar surface area (TPSA) is 60.0 Å². The fraction of sp³-hybridized carbons (Fsp3) is 0.435. The van der Waals surface area contributed by atoms with Crippen LogP contribution in [-0.4, -0.2) is 43.0 Å². The number of nitrogens with zero attached hydrogens (tertiary/aromatic N) is 1. The van der Waals surface area contributed by atoms with Gasteiger partial charge in [-0.2, -0.15) is 0 Å². The molecule has 29 heavy (non-hydrogen) atoms. The number of carbonyl (C=O) groups is 1. The molecule has 1 atom stereocenters. The maximum atomic E-state index is 12.3. The zero-order chi connectivity index (χ0) is 20.9. The van der Waals surface area contributed by atoms with E-state index in [0.29, 0.717) is 19.7 Å². The van der Waals surface area contributed by atoms with Gasteiger partial charge in [0.25, 0.3) is 0 Å². The van der Waals surface area contributed by atoms with Crippen LogP contribution >= 0.6 is 0 Å². The number of methoxy groups -OCH3 is 1. The highest BCUT2D eigenvalue weighted by Gasteiger charge is 2.26. The van der Waals surface area contributed by atoms with E-state index < -0.39 is 5.60 Å². The summed E-state index contributed by atoms with van der Waals surface area (Å²) in [6.07, 6.45) is 8.30. The molecule has 6 nitrogen and oxygen atoms in total. The molecular weight excluding hydrogens is 368 g/mol. The summed E-state index contributed by atoms with van der Waals surface area (Å²) in [6.45, 7) is 7.30.